The van der Waals surface area contributed by atoms with Gasteiger partial charge in [0.05, 0.1) is 0 Å². The fourth-order valence-electron chi connectivity index (χ4n) is 1.69. The van der Waals surface area contributed by atoms with Crippen LogP contribution in [0.2, 0.25) is 39.3 Å². The minimum absolute atomic E-state index is 1.05. The van der Waals surface area contributed by atoms with Crippen LogP contribution in [0.15, 0.2) is 0 Å². The summed E-state index contributed by atoms with van der Waals surface area (Å²) in [5.74, 6) is 0. The van der Waals surface area contributed by atoms with E-state index in [-0.39, 0.29) is 0 Å². The zero-order chi connectivity index (χ0) is 17.7. The second-order valence-corrected chi connectivity index (χ2v) is 45.2. The van der Waals surface area contributed by atoms with E-state index in [1.165, 1.54) is 13.1 Å². The van der Waals surface area contributed by atoms with Crippen molar-refractivity contribution >= 4 is 47.0 Å². The SMILES string of the molecule is C[Si](O)(O)[Si](C)(O[Si](C)([Si](C)(O)O)[Si](C)(O)O)[Si](C)(O)O. The number of hydrogen-bond donors (Lipinski definition) is 8. The molecule has 0 aliphatic rings. The Labute approximate surface area is 129 Å². The van der Waals surface area contributed by atoms with Crippen LogP contribution in [0.5, 0.6) is 0 Å². The zero-order valence-electron chi connectivity index (χ0n) is 13.0. The lowest BCUT2D eigenvalue weighted by atomic mass is 11.9. The van der Waals surface area contributed by atoms with Gasteiger partial charge >= 0.3 is 32.3 Å². The average Bonchev–Trinajstić information content (AvgIpc) is 2.09. The summed E-state index contributed by atoms with van der Waals surface area (Å²) in [6.07, 6.45) is 0. The molecule has 0 saturated carbocycles. The van der Waals surface area contributed by atoms with Crippen molar-refractivity contribution in [1.29, 1.82) is 0 Å². The maximum absolute atomic E-state index is 10.0. The van der Waals surface area contributed by atoms with Crippen LogP contribution in [0.1, 0.15) is 0 Å². The third-order valence-corrected chi connectivity index (χ3v) is 56.9. The van der Waals surface area contributed by atoms with E-state index in [2.05, 4.69) is 0 Å². The first kappa shape index (κ1) is 21.9. The lowest BCUT2D eigenvalue weighted by Crippen LogP contribution is -2.86. The molecule has 0 saturated heterocycles. The van der Waals surface area contributed by atoms with Crippen LogP contribution >= 0.6 is 0 Å². The molecule has 0 aromatic heterocycles. The van der Waals surface area contributed by atoms with Crippen molar-refractivity contribution in [3.8, 4) is 0 Å². The maximum Gasteiger partial charge on any atom is 0.342 e. The molecular formula is C6H26O9Si6. The Morgan fingerprint density at radius 1 is 0.429 bits per heavy atom. The molecule has 0 aliphatic heterocycles. The van der Waals surface area contributed by atoms with E-state index in [0.29, 0.717) is 0 Å². The summed E-state index contributed by atoms with van der Waals surface area (Å²) >= 11 is 0. The van der Waals surface area contributed by atoms with Gasteiger partial charge in [0.15, 0.2) is 0 Å². The van der Waals surface area contributed by atoms with Crippen molar-refractivity contribution in [2.75, 3.05) is 0 Å². The standard InChI is InChI=1S/C6H26O9Si6/c1-16(7,8)20(5,17(2,9)10)15-21(6,18(3,11)12)19(4,13)14/h7-14H,1-6H3. The molecule has 15 heteroatoms. The van der Waals surface area contributed by atoms with Gasteiger partial charge in [-0.05, 0) is 39.3 Å². The molecule has 21 heavy (non-hydrogen) atoms. The smallest absolute Gasteiger partial charge is 0.342 e. The molecule has 0 bridgehead atoms. The van der Waals surface area contributed by atoms with Gasteiger partial charge < -0.3 is 42.5 Å². The second kappa shape index (κ2) is 5.78. The topological polar surface area (TPSA) is 171 Å². The number of rotatable bonds is 6. The Bertz CT molecular complexity index is 312. The lowest BCUT2D eigenvalue weighted by molar-refractivity contribution is 0.343. The predicted molar refractivity (Wildman–Crippen MR) is 88.5 cm³/mol. The van der Waals surface area contributed by atoms with Crippen molar-refractivity contribution in [2.24, 2.45) is 0 Å². The molecule has 0 aromatic rings. The van der Waals surface area contributed by atoms with Gasteiger partial charge in [0.2, 0.25) is 0 Å². The van der Waals surface area contributed by atoms with Gasteiger partial charge in [-0.2, -0.15) is 0 Å². The predicted octanol–water partition coefficient (Wildman–Crippen LogP) is -3.31. The lowest BCUT2D eigenvalue weighted by Gasteiger charge is -2.48. The normalized spacial score (nSPS) is 16.3. The van der Waals surface area contributed by atoms with E-state index in [0.717, 1.165) is 26.2 Å². The van der Waals surface area contributed by atoms with E-state index >= 15 is 0 Å². The van der Waals surface area contributed by atoms with E-state index in [4.69, 9.17) is 4.12 Å². The van der Waals surface area contributed by atoms with Crippen molar-refractivity contribution in [2.45, 2.75) is 39.3 Å². The zero-order valence-corrected chi connectivity index (χ0v) is 19.0. The van der Waals surface area contributed by atoms with Crippen LogP contribution in [0.4, 0.5) is 0 Å². The fourth-order valence-corrected chi connectivity index (χ4v) is 49.4. The Morgan fingerprint density at radius 3 is 0.667 bits per heavy atom. The second-order valence-electron chi connectivity index (χ2n) is 6.25. The Balaban J connectivity index is 6.15. The van der Waals surface area contributed by atoms with Crippen LogP contribution in [-0.4, -0.2) is 85.4 Å². The molecule has 0 spiro atoms. The fraction of sp³-hybridized carbons (Fsp3) is 1.00. The first-order valence-corrected chi connectivity index (χ1v) is 24.6. The molecule has 128 valence electrons. The van der Waals surface area contributed by atoms with Gasteiger partial charge in [-0.1, -0.05) is 0 Å². The Morgan fingerprint density at radius 2 is 0.571 bits per heavy atom. The molecule has 0 heterocycles. The van der Waals surface area contributed by atoms with Gasteiger partial charge in [-0.15, -0.1) is 0 Å². The van der Waals surface area contributed by atoms with Gasteiger partial charge in [-0.3, -0.25) is 0 Å². The molecule has 0 fully saturated rings. The highest BCUT2D eigenvalue weighted by atomic mass is 29.7. The van der Waals surface area contributed by atoms with Gasteiger partial charge in [0.1, 0.15) is 0 Å². The first-order chi connectivity index (χ1) is 8.71. The summed E-state index contributed by atoms with van der Waals surface area (Å²) < 4.78 is 5.61. The van der Waals surface area contributed by atoms with Gasteiger partial charge in [0.25, 0.3) is 14.7 Å². The maximum atomic E-state index is 10.0. The molecule has 0 atom stereocenters. The molecule has 9 nitrogen and oxygen atoms in total. The molecule has 0 aliphatic carbocycles. The highest BCUT2D eigenvalue weighted by Crippen LogP contribution is 2.33. The molecule has 0 amide bonds. The van der Waals surface area contributed by atoms with Gasteiger partial charge in [0, 0.05) is 0 Å². The summed E-state index contributed by atoms with van der Waals surface area (Å²) in [7, 11) is -24.8. The monoisotopic (exact) mass is 410 g/mol. The van der Waals surface area contributed by atoms with Crippen LogP contribution in [0, 0.1) is 0 Å². The molecule has 0 unspecified atom stereocenters. The largest absolute Gasteiger partial charge is 0.450 e. The van der Waals surface area contributed by atoms with E-state index in [1.54, 1.807) is 0 Å². The van der Waals surface area contributed by atoms with E-state index < -0.39 is 47.0 Å². The quantitative estimate of drug-likeness (QED) is 0.209. The van der Waals surface area contributed by atoms with Crippen LogP contribution in [-0.2, 0) is 4.12 Å². The van der Waals surface area contributed by atoms with Crippen LogP contribution < -0.4 is 0 Å². The highest BCUT2D eigenvalue weighted by molar-refractivity contribution is 7.68. The third kappa shape index (κ3) is 4.07. The highest BCUT2D eigenvalue weighted by Gasteiger charge is 2.73. The summed E-state index contributed by atoms with van der Waals surface area (Å²) in [5, 5.41) is 0. The minimum atomic E-state index is -4.20. The van der Waals surface area contributed by atoms with E-state index in [1.807, 2.05) is 0 Å². The van der Waals surface area contributed by atoms with Crippen molar-refractivity contribution in [1.82, 2.24) is 0 Å². The number of hydrogen-bond acceptors (Lipinski definition) is 9. The van der Waals surface area contributed by atoms with Gasteiger partial charge in [-0.25, -0.2) is 0 Å². The summed E-state index contributed by atoms with van der Waals surface area (Å²) in [4.78, 5) is 80.3. The first-order valence-electron chi connectivity index (χ1n) is 6.20. The molecule has 0 rings (SSSR count). The summed E-state index contributed by atoms with van der Waals surface area (Å²) in [6, 6.07) is 0. The van der Waals surface area contributed by atoms with Crippen molar-refractivity contribution in [3.05, 3.63) is 0 Å². The molecule has 8 N–H and O–H groups in total. The minimum Gasteiger partial charge on any atom is -0.450 e. The Kier molecular flexibility index (Phi) is 6.04. The van der Waals surface area contributed by atoms with Crippen molar-refractivity contribution in [3.63, 3.8) is 0 Å². The summed E-state index contributed by atoms with van der Waals surface area (Å²) in [6.45, 7) is 6.58. The molecule has 0 radical (unpaired) electrons. The van der Waals surface area contributed by atoms with Crippen molar-refractivity contribution < 1.29 is 42.5 Å². The third-order valence-electron chi connectivity index (χ3n) is 4.02. The molecular weight excluding hydrogens is 385 g/mol. The van der Waals surface area contributed by atoms with Crippen LogP contribution in [0.25, 0.3) is 0 Å². The van der Waals surface area contributed by atoms with Crippen LogP contribution in [0.3, 0.4) is 0 Å². The molecule has 0 aromatic carbocycles. The average molecular weight is 411 g/mol. The summed E-state index contributed by atoms with van der Waals surface area (Å²) in [5.41, 5.74) is 0. The Hall–Kier alpha value is 0.941. The van der Waals surface area contributed by atoms with E-state index in [9.17, 15) is 38.4 Å².